The number of hydrogen-bond donors (Lipinski definition) is 0. The first-order valence-corrected chi connectivity index (χ1v) is 7.39. The lowest BCUT2D eigenvalue weighted by molar-refractivity contribution is -0.126. The average Bonchev–Trinajstić information content (AvgIpc) is 2.46. The number of carbonyl (C=O) groups is 1. The maximum absolute atomic E-state index is 11.9. The molecule has 0 aromatic heterocycles. The number of hydrogen-bond acceptors (Lipinski definition) is 3. The maximum Gasteiger partial charge on any atom is 0.245 e. The number of alkyl halides is 1. The van der Waals surface area contributed by atoms with Gasteiger partial charge < -0.3 is 14.4 Å². The van der Waals surface area contributed by atoms with Crippen molar-refractivity contribution in [1.82, 2.24) is 4.90 Å². The third-order valence-electron chi connectivity index (χ3n) is 3.25. The number of nitrogens with zero attached hydrogens (tertiary/aromatic N) is 1. The number of amides is 1. The minimum atomic E-state index is -0.505. The Kier molecular flexibility index (Phi) is 5.51. The van der Waals surface area contributed by atoms with Crippen LogP contribution in [0.1, 0.15) is 12.0 Å². The predicted octanol–water partition coefficient (Wildman–Crippen LogP) is 3.18. The van der Waals surface area contributed by atoms with Crippen molar-refractivity contribution in [2.45, 2.75) is 11.8 Å². The topological polar surface area (TPSA) is 38.8 Å². The van der Waals surface area contributed by atoms with E-state index in [0.29, 0.717) is 30.4 Å². The molecule has 0 N–H and O–H groups in total. The second kappa shape index (κ2) is 7.16. The molecule has 0 radical (unpaired) electrons. The molecule has 0 bridgehead atoms. The lowest BCUT2D eigenvalue weighted by Gasteiger charge is -2.28. The van der Waals surface area contributed by atoms with Crippen LogP contribution < -0.4 is 4.74 Å². The zero-order valence-electron chi connectivity index (χ0n) is 11.9. The van der Waals surface area contributed by atoms with Gasteiger partial charge >= 0.3 is 0 Å². The van der Waals surface area contributed by atoms with Crippen LogP contribution in [0, 0.1) is 0 Å². The Hall–Kier alpha value is -1.23. The number of allylic oxidation sites excluding steroid dienone is 1. The van der Waals surface area contributed by atoms with Crippen LogP contribution >= 0.6 is 23.2 Å². The van der Waals surface area contributed by atoms with E-state index in [-0.39, 0.29) is 5.91 Å². The fourth-order valence-electron chi connectivity index (χ4n) is 2.11. The van der Waals surface area contributed by atoms with Crippen LogP contribution in [0.2, 0.25) is 5.02 Å². The summed E-state index contributed by atoms with van der Waals surface area (Å²) in [6.07, 6.45) is 2.42. The molecule has 0 saturated heterocycles. The monoisotopic (exact) mass is 329 g/mol. The number of ether oxygens (including phenoxy) is 2. The van der Waals surface area contributed by atoms with Gasteiger partial charge in [-0.25, -0.2) is 0 Å². The van der Waals surface area contributed by atoms with Gasteiger partial charge in [0.05, 0.1) is 11.6 Å². The highest BCUT2D eigenvalue weighted by Gasteiger charge is 2.27. The molecule has 1 amide bonds. The molecule has 114 valence electrons. The average molecular weight is 330 g/mol. The van der Waals surface area contributed by atoms with Crippen molar-refractivity contribution in [3.05, 3.63) is 34.9 Å². The molecule has 1 atom stereocenters. The van der Waals surface area contributed by atoms with E-state index in [9.17, 15) is 4.79 Å². The molecular weight excluding hydrogens is 313 g/mol. The Balaban J connectivity index is 2.19. The van der Waals surface area contributed by atoms with Crippen molar-refractivity contribution in [2.24, 2.45) is 0 Å². The van der Waals surface area contributed by atoms with E-state index in [0.717, 1.165) is 11.3 Å². The summed E-state index contributed by atoms with van der Waals surface area (Å²) in [5.74, 6) is 0.548. The minimum Gasteiger partial charge on any atom is -0.491 e. The van der Waals surface area contributed by atoms with E-state index in [2.05, 4.69) is 0 Å². The van der Waals surface area contributed by atoms with E-state index in [1.54, 1.807) is 20.2 Å². The summed E-state index contributed by atoms with van der Waals surface area (Å²) in [6, 6.07) is 5.40. The summed E-state index contributed by atoms with van der Waals surface area (Å²) >= 11 is 12.3. The second-order valence-corrected chi connectivity index (χ2v) is 5.61. The van der Waals surface area contributed by atoms with Crippen LogP contribution in [0.25, 0.3) is 5.70 Å². The molecule has 0 saturated carbocycles. The Morgan fingerprint density at radius 1 is 1.38 bits per heavy atom. The lowest BCUT2D eigenvalue weighted by Crippen LogP contribution is -2.35. The first-order valence-electron chi connectivity index (χ1n) is 6.58. The predicted molar refractivity (Wildman–Crippen MR) is 83.8 cm³/mol. The van der Waals surface area contributed by atoms with Gasteiger partial charge in [-0.3, -0.25) is 4.79 Å². The van der Waals surface area contributed by atoms with Crippen LogP contribution in [-0.4, -0.2) is 43.6 Å². The summed E-state index contributed by atoms with van der Waals surface area (Å²) in [4.78, 5) is 13.5. The quantitative estimate of drug-likeness (QED) is 0.615. The summed E-state index contributed by atoms with van der Waals surface area (Å²) in [7, 11) is 3.31. The lowest BCUT2D eigenvalue weighted by atomic mass is 10.0. The van der Waals surface area contributed by atoms with Crippen molar-refractivity contribution in [3.63, 3.8) is 0 Å². The highest BCUT2D eigenvalue weighted by molar-refractivity contribution is 6.33. The molecule has 2 rings (SSSR count). The van der Waals surface area contributed by atoms with E-state index < -0.39 is 5.38 Å². The normalized spacial score (nSPS) is 18.7. The molecule has 1 aliphatic rings. The van der Waals surface area contributed by atoms with Gasteiger partial charge in [0.25, 0.3) is 0 Å². The Morgan fingerprint density at radius 3 is 2.81 bits per heavy atom. The van der Waals surface area contributed by atoms with Crippen LogP contribution in [-0.2, 0) is 9.53 Å². The molecule has 4 nitrogen and oxygen atoms in total. The second-order valence-electron chi connectivity index (χ2n) is 4.67. The largest absolute Gasteiger partial charge is 0.491 e. The number of benzene rings is 1. The van der Waals surface area contributed by atoms with E-state index >= 15 is 0 Å². The Bertz CT molecular complexity index is 560. The minimum absolute atomic E-state index is 0.120. The van der Waals surface area contributed by atoms with E-state index in [4.69, 9.17) is 32.7 Å². The SMILES string of the molecule is COCCOc1ccc(C2=CCC(Cl)C(=O)N2C)c(Cl)c1. The van der Waals surface area contributed by atoms with Crippen LogP contribution in [0.3, 0.4) is 0 Å². The molecule has 6 heteroatoms. The summed E-state index contributed by atoms with van der Waals surface area (Å²) in [6.45, 7) is 0.972. The van der Waals surface area contributed by atoms with Crippen molar-refractivity contribution in [2.75, 3.05) is 27.4 Å². The van der Waals surface area contributed by atoms with Crippen LogP contribution in [0.5, 0.6) is 5.75 Å². The zero-order valence-corrected chi connectivity index (χ0v) is 13.4. The van der Waals surface area contributed by atoms with Crippen molar-refractivity contribution >= 4 is 34.8 Å². The smallest absolute Gasteiger partial charge is 0.245 e. The molecule has 0 spiro atoms. The van der Waals surface area contributed by atoms with Gasteiger partial charge in [-0.2, -0.15) is 0 Å². The maximum atomic E-state index is 11.9. The molecule has 1 unspecified atom stereocenters. The zero-order chi connectivity index (χ0) is 15.4. The molecule has 0 fully saturated rings. The third kappa shape index (κ3) is 3.70. The standard InChI is InChI=1S/C15H17Cl2NO3/c1-18-14(6-5-12(16)15(18)19)11-4-3-10(9-13(11)17)21-8-7-20-2/h3-4,6,9,12H,5,7-8H2,1-2H3. The van der Waals surface area contributed by atoms with Gasteiger partial charge in [0.15, 0.2) is 0 Å². The van der Waals surface area contributed by atoms with Crippen molar-refractivity contribution < 1.29 is 14.3 Å². The molecule has 1 aromatic carbocycles. The third-order valence-corrected chi connectivity index (χ3v) is 3.93. The summed E-state index contributed by atoms with van der Waals surface area (Å²) in [5, 5.41) is 0.0259. The molecule has 1 aromatic rings. The molecule has 1 heterocycles. The van der Waals surface area contributed by atoms with Crippen molar-refractivity contribution in [3.8, 4) is 5.75 Å². The van der Waals surface area contributed by atoms with Crippen LogP contribution in [0.4, 0.5) is 0 Å². The number of rotatable bonds is 5. The van der Waals surface area contributed by atoms with Gasteiger partial charge in [0.1, 0.15) is 17.7 Å². The highest BCUT2D eigenvalue weighted by Crippen LogP contribution is 2.33. The number of carbonyl (C=O) groups excluding carboxylic acids is 1. The number of methoxy groups -OCH3 is 1. The molecular formula is C15H17Cl2NO3. The Labute approximate surface area is 134 Å². The summed E-state index contributed by atoms with van der Waals surface area (Å²) in [5.41, 5.74) is 1.56. The first-order chi connectivity index (χ1) is 10.0. The summed E-state index contributed by atoms with van der Waals surface area (Å²) < 4.78 is 10.4. The molecule has 21 heavy (non-hydrogen) atoms. The van der Waals surface area contributed by atoms with E-state index in [1.165, 1.54) is 4.90 Å². The van der Waals surface area contributed by atoms with Crippen molar-refractivity contribution in [1.29, 1.82) is 0 Å². The fourth-order valence-corrected chi connectivity index (χ4v) is 2.61. The molecule has 1 aliphatic heterocycles. The number of halogens is 2. The highest BCUT2D eigenvalue weighted by atomic mass is 35.5. The fraction of sp³-hybridized carbons (Fsp3) is 0.400. The van der Waals surface area contributed by atoms with Gasteiger partial charge in [-0.1, -0.05) is 17.7 Å². The van der Waals surface area contributed by atoms with E-state index in [1.807, 2.05) is 18.2 Å². The van der Waals surface area contributed by atoms with Gasteiger partial charge in [0, 0.05) is 25.4 Å². The van der Waals surface area contributed by atoms with Gasteiger partial charge in [-0.05, 0) is 24.6 Å². The first kappa shape index (κ1) is 16.1. The Morgan fingerprint density at radius 2 is 2.14 bits per heavy atom. The van der Waals surface area contributed by atoms with Crippen LogP contribution in [0.15, 0.2) is 24.3 Å². The molecule has 0 aliphatic carbocycles. The van der Waals surface area contributed by atoms with Gasteiger partial charge in [-0.15, -0.1) is 11.6 Å². The van der Waals surface area contributed by atoms with Gasteiger partial charge in [0.2, 0.25) is 5.91 Å².